The molecule has 1 aliphatic rings. The molecule has 0 spiro atoms. The van der Waals surface area contributed by atoms with Crippen LogP contribution in [0.25, 0.3) is 0 Å². The molecular formula is C3H5IN2O. The number of carbonyl (C=O) groups is 1. The third-order valence-electron chi connectivity index (χ3n) is 0.763. The number of nitrogens with one attached hydrogen (secondary N) is 1. The number of halogens is 1. The average Bonchev–Trinajstić information content (AvgIpc) is 1.87. The first-order valence-electron chi connectivity index (χ1n) is 1.96. The first-order valence-corrected chi connectivity index (χ1v) is 2.93. The van der Waals surface area contributed by atoms with Crippen molar-refractivity contribution < 1.29 is 4.79 Å². The molecule has 0 radical (unpaired) electrons. The maximum Gasteiger partial charge on any atom is 0.236 e. The van der Waals surface area contributed by atoms with Gasteiger partial charge >= 0.3 is 0 Å². The predicted octanol–water partition coefficient (Wildman–Crippen LogP) is -0.274. The molecule has 1 saturated heterocycles. The van der Waals surface area contributed by atoms with E-state index in [1.165, 1.54) is 0 Å². The molecule has 40 valence electrons. The van der Waals surface area contributed by atoms with Crippen molar-refractivity contribution in [1.82, 2.24) is 8.43 Å². The smallest absolute Gasteiger partial charge is 0.236 e. The van der Waals surface area contributed by atoms with Gasteiger partial charge in [0.2, 0.25) is 5.91 Å². The van der Waals surface area contributed by atoms with E-state index >= 15 is 0 Å². The van der Waals surface area contributed by atoms with E-state index in [0.717, 1.165) is 0 Å². The van der Waals surface area contributed by atoms with Crippen LogP contribution in [0.15, 0.2) is 0 Å². The minimum absolute atomic E-state index is 0.120. The van der Waals surface area contributed by atoms with Gasteiger partial charge in [0.15, 0.2) is 0 Å². The summed E-state index contributed by atoms with van der Waals surface area (Å²) < 4.78 is 1.89. The quantitative estimate of drug-likeness (QED) is 0.442. The van der Waals surface area contributed by atoms with Crippen LogP contribution in [0.5, 0.6) is 0 Å². The molecule has 1 N–H and O–H groups in total. The summed E-state index contributed by atoms with van der Waals surface area (Å²) in [6, 6.07) is 0. The molecular weight excluding hydrogens is 207 g/mol. The summed E-state index contributed by atoms with van der Waals surface area (Å²) in [6.07, 6.45) is 0. The number of nitrogens with zero attached hydrogens (tertiary/aromatic N) is 1. The summed E-state index contributed by atoms with van der Waals surface area (Å²) in [4.78, 5) is 10.3. The summed E-state index contributed by atoms with van der Waals surface area (Å²) in [6.45, 7) is 1.24. The van der Waals surface area contributed by atoms with Crippen molar-refractivity contribution in [3.63, 3.8) is 0 Å². The van der Waals surface area contributed by atoms with Crippen LogP contribution in [0.4, 0.5) is 0 Å². The predicted molar refractivity (Wildman–Crippen MR) is 33.7 cm³/mol. The number of rotatable bonds is 0. The first kappa shape index (κ1) is 5.30. The lowest BCUT2D eigenvalue weighted by Crippen LogP contribution is -2.14. The fourth-order valence-electron chi connectivity index (χ4n) is 0.442. The molecule has 0 aromatic heterocycles. The zero-order chi connectivity index (χ0) is 5.28. The lowest BCUT2D eigenvalue weighted by atomic mass is 10.7. The molecule has 4 heteroatoms. The molecule has 0 saturated carbocycles. The topological polar surface area (TPSA) is 32.3 Å². The number of amides is 1. The SMILES string of the molecule is O=C1CN(I)CN1. The molecule has 7 heavy (non-hydrogen) atoms. The van der Waals surface area contributed by atoms with Crippen LogP contribution < -0.4 is 5.32 Å². The Morgan fingerprint density at radius 1 is 1.86 bits per heavy atom. The zero-order valence-electron chi connectivity index (χ0n) is 3.65. The highest BCUT2D eigenvalue weighted by Crippen LogP contribution is 1.99. The van der Waals surface area contributed by atoms with E-state index in [-0.39, 0.29) is 5.91 Å². The zero-order valence-corrected chi connectivity index (χ0v) is 5.81. The van der Waals surface area contributed by atoms with Crippen molar-refractivity contribution in [1.29, 1.82) is 0 Å². The minimum atomic E-state index is 0.120. The summed E-state index contributed by atoms with van der Waals surface area (Å²) >= 11 is 2.10. The Labute approximate surface area is 55.6 Å². The molecule has 3 nitrogen and oxygen atoms in total. The highest BCUT2D eigenvalue weighted by atomic mass is 127. The third kappa shape index (κ3) is 1.27. The van der Waals surface area contributed by atoms with Gasteiger partial charge in [0.25, 0.3) is 0 Å². The van der Waals surface area contributed by atoms with Gasteiger partial charge in [-0.2, -0.15) is 0 Å². The summed E-state index contributed by atoms with van der Waals surface area (Å²) in [5, 5.41) is 2.65. The lowest BCUT2D eigenvalue weighted by molar-refractivity contribution is -0.118. The molecule has 0 unspecified atom stereocenters. The normalized spacial score (nSPS) is 22.7. The Bertz CT molecular complexity index is 94.9. The average molecular weight is 212 g/mol. The van der Waals surface area contributed by atoms with Crippen LogP contribution in [0.3, 0.4) is 0 Å². The second kappa shape index (κ2) is 1.95. The lowest BCUT2D eigenvalue weighted by Gasteiger charge is -1.94. The van der Waals surface area contributed by atoms with Crippen molar-refractivity contribution in [3.05, 3.63) is 0 Å². The molecule has 0 aliphatic carbocycles. The van der Waals surface area contributed by atoms with E-state index in [9.17, 15) is 4.79 Å². The second-order valence-corrected chi connectivity index (χ2v) is 2.74. The number of carbonyl (C=O) groups excluding carboxylic acids is 1. The number of hydrogen-bond donors (Lipinski definition) is 1. The monoisotopic (exact) mass is 212 g/mol. The van der Waals surface area contributed by atoms with Gasteiger partial charge < -0.3 is 5.32 Å². The fraction of sp³-hybridized carbons (Fsp3) is 0.667. The molecule has 1 rings (SSSR count). The van der Waals surface area contributed by atoms with Crippen molar-refractivity contribution >= 4 is 28.8 Å². The van der Waals surface area contributed by atoms with Crippen LogP contribution in [0.2, 0.25) is 0 Å². The van der Waals surface area contributed by atoms with Gasteiger partial charge in [-0.25, -0.2) is 3.11 Å². The van der Waals surface area contributed by atoms with Gasteiger partial charge in [0.1, 0.15) is 0 Å². The molecule has 1 amide bonds. The van der Waals surface area contributed by atoms with Gasteiger partial charge in [0, 0.05) is 22.9 Å². The van der Waals surface area contributed by atoms with Crippen molar-refractivity contribution in [3.8, 4) is 0 Å². The van der Waals surface area contributed by atoms with Crippen LogP contribution in [-0.4, -0.2) is 22.2 Å². The van der Waals surface area contributed by atoms with Crippen molar-refractivity contribution in [2.24, 2.45) is 0 Å². The van der Waals surface area contributed by atoms with Crippen molar-refractivity contribution in [2.75, 3.05) is 13.2 Å². The Morgan fingerprint density at radius 2 is 2.57 bits per heavy atom. The molecule has 1 fully saturated rings. The molecule has 0 aromatic rings. The molecule has 0 bridgehead atoms. The van der Waals surface area contributed by atoms with E-state index in [1.54, 1.807) is 0 Å². The largest absolute Gasteiger partial charge is 0.341 e. The summed E-state index contributed by atoms with van der Waals surface area (Å²) in [7, 11) is 0. The van der Waals surface area contributed by atoms with E-state index in [2.05, 4.69) is 28.2 Å². The minimum Gasteiger partial charge on any atom is -0.341 e. The van der Waals surface area contributed by atoms with E-state index in [0.29, 0.717) is 13.2 Å². The summed E-state index contributed by atoms with van der Waals surface area (Å²) in [5.41, 5.74) is 0. The van der Waals surface area contributed by atoms with E-state index in [1.807, 2.05) is 3.11 Å². The van der Waals surface area contributed by atoms with Crippen LogP contribution in [0, 0.1) is 0 Å². The standard InChI is InChI=1S/C3H5IN2O/c4-6-1-3(7)5-2-6/h1-2H2,(H,5,7). The third-order valence-corrected chi connectivity index (χ3v) is 1.45. The molecule has 1 heterocycles. The van der Waals surface area contributed by atoms with Gasteiger partial charge in [-0.05, 0) is 0 Å². The van der Waals surface area contributed by atoms with E-state index in [4.69, 9.17) is 0 Å². The van der Waals surface area contributed by atoms with Crippen molar-refractivity contribution in [2.45, 2.75) is 0 Å². The molecule has 0 atom stereocenters. The van der Waals surface area contributed by atoms with Gasteiger partial charge in [0.05, 0.1) is 13.2 Å². The Hall–Kier alpha value is 0.160. The van der Waals surface area contributed by atoms with Gasteiger partial charge in [-0.15, -0.1) is 0 Å². The van der Waals surface area contributed by atoms with Crippen LogP contribution in [-0.2, 0) is 4.79 Å². The van der Waals surface area contributed by atoms with Crippen LogP contribution in [0.1, 0.15) is 0 Å². The highest BCUT2D eigenvalue weighted by molar-refractivity contribution is 14.1. The van der Waals surface area contributed by atoms with Crippen LogP contribution >= 0.6 is 22.9 Å². The Balaban J connectivity index is 2.40. The molecule has 1 aliphatic heterocycles. The Kier molecular flexibility index (Phi) is 1.48. The highest BCUT2D eigenvalue weighted by Gasteiger charge is 2.13. The maximum absolute atomic E-state index is 10.3. The molecule has 0 aromatic carbocycles. The fourth-order valence-corrected chi connectivity index (χ4v) is 0.922. The second-order valence-electron chi connectivity index (χ2n) is 1.38. The van der Waals surface area contributed by atoms with E-state index < -0.39 is 0 Å². The maximum atomic E-state index is 10.3. The van der Waals surface area contributed by atoms with Gasteiger partial charge in [-0.1, -0.05) is 0 Å². The number of hydrogen-bond acceptors (Lipinski definition) is 2. The summed E-state index contributed by atoms with van der Waals surface area (Å²) in [5.74, 6) is 0.120. The first-order chi connectivity index (χ1) is 3.29. The van der Waals surface area contributed by atoms with Gasteiger partial charge in [-0.3, -0.25) is 4.79 Å². The Morgan fingerprint density at radius 3 is 2.71 bits per heavy atom.